The van der Waals surface area contributed by atoms with Gasteiger partial charge in [0.25, 0.3) is 0 Å². The zero-order chi connectivity index (χ0) is 8.32. The first-order valence-corrected chi connectivity index (χ1v) is 4.42. The number of hydrogen-bond acceptors (Lipinski definition) is 3. The van der Waals surface area contributed by atoms with E-state index in [1.807, 2.05) is 0 Å². The fourth-order valence-corrected chi connectivity index (χ4v) is 1.44. The van der Waals surface area contributed by atoms with E-state index in [9.17, 15) is 8.42 Å². The highest BCUT2D eigenvalue weighted by molar-refractivity contribution is 7.70. The van der Waals surface area contributed by atoms with Crippen molar-refractivity contribution in [2.75, 3.05) is 13.1 Å². The predicted octanol–water partition coefficient (Wildman–Crippen LogP) is -1.15. The summed E-state index contributed by atoms with van der Waals surface area (Å²) in [6, 6.07) is 0.218. The van der Waals surface area contributed by atoms with Crippen LogP contribution in [0, 0.1) is 0 Å². The van der Waals surface area contributed by atoms with Crippen LogP contribution >= 0.6 is 0 Å². The Morgan fingerprint density at radius 1 is 1.80 bits per heavy atom. The van der Waals surface area contributed by atoms with Gasteiger partial charge in [-0.1, -0.05) is 0 Å². The van der Waals surface area contributed by atoms with Gasteiger partial charge in [0, 0.05) is 12.6 Å². The molecule has 0 amide bonds. The summed E-state index contributed by atoms with van der Waals surface area (Å²) in [5, 5.41) is 3.12. The van der Waals surface area contributed by atoms with E-state index < -0.39 is 10.8 Å². The molecule has 0 aliphatic carbocycles. The lowest BCUT2D eigenvalue weighted by Crippen LogP contribution is -2.33. The topological polar surface area (TPSA) is 58.2 Å². The highest BCUT2D eigenvalue weighted by Crippen LogP contribution is 2.02. The van der Waals surface area contributed by atoms with Crippen molar-refractivity contribution < 1.29 is 8.42 Å². The third-order valence-electron chi connectivity index (χ3n) is 1.61. The zero-order valence-electron chi connectivity index (χ0n) is 6.63. The molecule has 0 aromatic rings. The summed E-state index contributed by atoms with van der Waals surface area (Å²) < 4.78 is 29.3. The molecule has 5 heteroatoms. The molecule has 1 saturated heterocycles. The van der Waals surface area contributed by atoms with Gasteiger partial charge >= 0.3 is 0 Å². The molecule has 0 aromatic heterocycles. The lowest BCUT2D eigenvalue weighted by Gasteiger charge is -2.06. The average Bonchev–Trinajstić information content (AvgIpc) is 2.32. The van der Waals surface area contributed by atoms with Crippen LogP contribution in [0.2, 0.25) is 0 Å². The minimum atomic E-state index is -3.75. The van der Waals surface area contributed by atoms with Crippen molar-refractivity contribution in [3.63, 3.8) is 0 Å². The molecule has 1 aliphatic heterocycles. The van der Waals surface area contributed by atoms with Crippen molar-refractivity contribution in [2.24, 2.45) is 0 Å². The first kappa shape index (κ1) is 6.57. The predicted molar refractivity (Wildman–Crippen MR) is 39.3 cm³/mol. The van der Waals surface area contributed by atoms with E-state index in [1.54, 1.807) is 0 Å². The van der Waals surface area contributed by atoms with E-state index in [0.717, 1.165) is 19.4 Å². The van der Waals surface area contributed by atoms with E-state index in [-0.39, 0.29) is 6.04 Å². The van der Waals surface area contributed by atoms with Crippen LogP contribution in [0.5, 0.6) is 0 Å². The van der Waals surface area contributed by atoms with Gasteiger partial charge < -0.3 is 5.32 Å². The van der Waals surface area contributed by atoms with Crippen molar-refractivity contribution in [2.45, 2.75) is 18.9 Å². The van der Waals surface area contributed by atoms with E-state index in [0.29, 0.717) is 6.54 Å². The second-order valence-corrected chi connectivity index (χ2v) is 3.13. The van der Waals surface area contributed by atoms with Crippen LogP contribution in [0.15, 0.2) is 0 Å². The average molecular weight is 166 g/mol. The largest absolute Gasteiger partial charge is 0.313 e. The first-order valence-electron chi connectivity index (χ1n) is 3.76. The summed E-state index contributed by atoms with van der Waals surface area (Å²) in [6.45, 7) is 1.29. The van der Waals surface area contributed by atoms with Crippen molar-refractivity contribution in [1.82, 2.24) is 10.0 Å². The van der Waals surface area contributed by atoms with Gasteiger partial charge in [-0.3, -0.25) is 0 Å². The van der Waals surface area contributed by atoms with Gasteiger partial charge in [0.15, 0.2) is 1.12 Å². The Balaban J connectivity index is 2.22. The fraction of sp³-hybridized carbons (Fsp3) is 1.00. The second-order valence-electron chi connectivity index (χ2n) is 2.38. The number of hydrogen-bond donors (Lipinski definition) is 3. The van der Waals surface area contributed by atoms with Gasteiger partial charge in [-0.15, -0.1) is 0 Å². The van der Waals surface area contributed by atoms with Crippen molar-refractivity contribution in [1.29, 1.82) is 1.12 Å². The Morgan fingerprint density at radius 3 is 3.10 bits per heavy atom. The molecule has 0 bridgehead atoms. The van der Waals surface area contributed by atoms with Crippen LogP contribution in [0.1, 0.15) is 12.8 Å². The molecule has 1 heterocycles. The molecule has 1 unspecified atom stereocenters. The molecule has 1 atom stereocenters. The van der Waals surface area contributed by atoms with Crippen molar-refractivity contribution in [3.05, 3.63) is 0 Å². The quantitative estimate of drug-likeness (QED) is 0.464. The lowest BCUT2D eigenvalue weighted by molar-refractivity contribution is 0.565. The SMILES string of the molecule is [3H]S(=O)(=O)NCC1CCCN1. The molecular weight excluding hydrogens is 152 g/mol. The van der Waals surface area contributed by atoms with E-state index in [2.05, 4.69) is 10.0 Å². The molecule has 2 N–H and O–H groups in total. The molecule has 1 aliphatic rings. The Bertz CT molecular complexity index is 211. The molecule has 60 valence electrons. The fourth-order valence-electron chi connectivity index (χ4n) is 1.10. The molecule has 0 spiro atoms. The number of thiol groups is 1. The molecule has 0 aromatic carbocycles. The Hall–Kier alpha value is -0.130. The minimum Gasteiger partial charge on any atom is -0.313 e. The molecule has 0 radical (unpaired) electrons. The smallest absolute Gasteiger partial charge is 0.201 e. The van der Waals surface area contributed by atoms with Gasteiger partial charge in [-0.2, -0.15) is 0 Å². The summed E-state index contributed by atoms with van der Waals surface area (Å²) in [6.07, 6.45) is 2.08. The van der Waals surface area contributed by atoms with Gasteiger partial charge in [-0.05, 0) is 19.4 Å². The monoisotopic (exact) mass is 166 g/mol. The molecule has 1 rings (SSSR count). The molecular formula is C5H12N2O2S. The summed E-state index contributed by atoms with van der Waals surface area (Å²) in [4.78, 5) is 0. The Labute approximate surface area is 63.2 Å². The molecule has 1 fully saturated rings. The first-order chi connectivity index (χ1) is 5.08. The number of rotatable bonds is 3. The standard InChI is InChI=1S/C5H12N2O2S/c8-10(9)7-4-5-2-1-3-6-5/h5-6,10H,1-4H2,(H,7,8,9)/i10T. The van der Waals surface area contributed by atoms with Gasteiger partial charge in [0.2, 0.25) is 10.8 Å². The maximum absolute atomic E-state index is 10.3. The third-order valence-corrected chi connectivity index (χ3v) is 2.01. The Kier molecular flexibility index (Phi) is 2.56. The molecule has 10 heavy (non-hydrogen) atoms. The van der Waals surface area contributed by atoms with Crippen LogP contribution in [0.4, 0.5) is 0 Å². The summed E-state index contributed by atoms with van der Waals surface area (Å²) in [5.41, 5.74) is 0. The highest BCUT2D eigenvalue weighted by atomic mass is 32.2. The third kappa shape index (κ3) is 2.64. The van der Waals surface area contributed by atoms with Crippen LogP contribution in [0.3, 0.4) is 0 Å². The van der Waals surface area contributed by atoms with Crippen LogP contribution in [-0.2, 0) is 10.8 Å². The summed E-state index contributed by atoms with van der Waals surface area (Å²) in [5.74, 6) is 0. The van der Waals surface area contributed by atoms with Crippen LogP contribution in [0.25, 0.3) is 0 Å². The van der Waals surface area contributed by atoms with Crippen LogP contribution < -0.4 is 10.0 Å². The highest BCUT2D eigenvalue weighted by Gasteiger charge is 2.12. The van der Waals surface area contributed by atoms with Gasteiger partial charge in [0.05, 0.1) is 0 Å². The zero-order valence-corrected chi connectivity index (χ0v) is 6.45. The normalized spacial score (nSPS) is 28.4. The number of nitrogens with one attached hydrogen (secondary N) is 2. The van der Waals surface area contributed by atoms with Crippen molar-refractivity contribution in [3.8, 4) is 0 Å². The van der Waals surface area contributed by atoms with Gasteiger partial charge in [0.1, 0.15) is 0 Å². The minimum absolute atomic E-state index is 0.218. The summed E-state index contributed by atoms with van der Waals surface area (Å²) >= 11 is 0. The van der Waals surface area contributed by atoms with E-state index >= 15 is 0 Å². The maximum atomic E-state index is 10.3. The second kappa shape index (κ2) is 3.90. The maximum Gasteiger partial charge on any atom is 0.201 e. The van der Waals surface area contributed by atoms with E-state index in [1.165, 1.54) is 0 Å². The van der Waals surface area contributed by atoms with E-state index in [4.69, 9.17) is 1.12 Å². The lowest BCUT2D eigenvalue weighted by atomic mass is 10.2. The Morgan fingerprint density at radius 2 is 2.60 bits per heavy atom. The van der Waals surface area contributed by atoms with Gasteiger partial charge in [-0.25, -0.2) is 13.1 Å². The summed E-state index contributed by atoms with van der Waals surface area (Å²) in [7, 11) is -3.75. The van der Waals surface area contributed by atoms with Crippen molar-refractivity contribution >= 4 is 10.8 Å². The van der Waals surface area contributed by atoms with Crippen LogP contribution in [-0.4, -0.2) is 28.7 Å². The molecule has 0 saturated carbocycles. The molecule has 4 nitrogen and oxygen atoms in total.